The lowest BCUT2D eigenvalue weighted by Crippen LogP contribution is -2.10. The van der Waals surface area contributed by atoms with E-state index in [9.17, 15) is 0 Å². The predicted molar refractivity (Wildman–Crippen MR) is 86.1 cm³/mol. The Morgan fingerprint density at radius 1 is 1.20 bits per heavy atom. The second-order valence-corrected chi connectivity index (χ2v) is 6.17. The number of fused-ring (bicyclic) bond motifs is 1. The van der Waals surface area contributed by atoms with Crippen molar-refractivity contribution in [3.63, 3.8) is 0 Å². The first-order chi connectivity index (χ1) is 9.54. The van der Waals surface area contributed by atoms with Crippen LogP contribution in [0.4, 0.5) is 0 Å². The first kappa shape index (κ1) is 13.7. The summed E-state index contributed by atoms with van der Waals surface area (Å²) in [6.07, 6.45) is 0. The number of hydrogen-bond donors (Lipinski definition) is 1. The lowest BCUT2D eigenvalue weighted by Gasteiger charge is -2.10. The molecule has 1 atom stereocenters. The van der Waals surface area contributed by atoms with E-state index in [1.807, 2.05) is 49.4 Å². The summed E-state index contributed by atoms with van der Waals surface area (Å²) in [7, 11) is 0. The largest absolute Gasteiger partial charge is 0.459 e. The van der Waals surface area contributed by atoms with Crippen molar-refractivity contribution in [2.75, 3.05) is 0 Å². The SMILES string of the molecule is Cc1cccc2cc(C(N)c3cc(Cl)cc(Br)c3)oc12. The maximum Gasteiger partial charge on any atom is 0.137 e. The van der Waals surface area contributed by atoms with Crippen LogP contribution in [0.25, 0.3) is 11.0 Å². The van der Waals surface area contributed by atoms with E-state index in [2.05, 4.69) is 15.9 Å². The highest BCUT2D eigenvalue weighted by Crippen LogP contribution is 2.31. The lowest BCUT2D eigenvalue weighted by atomic mass is 10.1. The lowest BCUT2D eigenvalue weighted by molar-refractivity contribution is 0.523. The Bertz CT molecular complexity index is 761. The molecule has 20 heavy (non-hydrogen) atoms. The van der Waals surface area contributed by atoms with Crippen molar-refractivity contribution in [2.45, 2.75) is 13.0 Å². The van der Waals surface area contributed by atoms with Gasteiger partial charge in [-0.05, 0) is 42.3 Å². The molecule has 3 aromatic rings. The zero-order valence-electron chi connectivity index (χ0n) is 10.9. The van der Waals surface area contributed by atoms with Crippen molar-refractivity contribution in [2.24, 2.45) is 5.73 Å². The van der Waals surface area contributed by atoms with Crippen molar-refractivity contribution in [1.29, 1.82) is 0 Å². The maximum atomic E-state index is 6.29. The van der Waals surface area contributed by atoms with Crippen LogP contribution in [-0.2, 0) is 0 Å². The minimum absolute atomic E-state index is 0.336. The van der Waals surface area contributed by atoms with Crippen LogP contribution in [0, 0.1) is 6.92 Å². The van der Waals surface area contributed by atoms with Crippen molar-refractivity contribution < 1.29 is 4.42 Å². The van der Waals surface area contributed by atoms with E-state index in [1.165, 1.54) is 0 Å². The van der Waals surface area contributed by atoms with Gasteiger partial charge in [0.25, 0.3) is 0 Å². The van der Waals surface area contributed by atoms with Gasteiger partial charge in [-0.25, -0.2) is 0 Å². The van der Waals surface area contributed by atoms with E-state index in [1.54, 1.807) is 0 Å². The summed E-state index contributed by atoms with van der Waals surface area (Å²) >= 11 is 9.50. The minimum atomic E-state index is -0.336. The van der Waals surface area contributed by atoms with Crippen LogP contribution in [-0.4, -0.2) is 0 Å². The second kappa shape index (κ2) is 5.24. The Labute approximate surface area is 130 Å². The van der Waals surface area contributed by atoms with Crippen molar-refractivity contribution >= 4 is 38.5 Å². The van der Waals surface area contributed by atoms with Crippen LogP contribution in [0.15, 0.2) is 51.4 Å². The number of halogens is 2. The van der Waals surface area contributed by atoms with Gasteiger partial charge < -0.3 is 10.2 Å². The van der Waals surface area contributed by atoms with Crippen LogP contribution < -0.4 is 5.73 Å². The van der Waals surface area contributed by atoms with E-state index in [0.29, 0.717) is 5.02 Å². The molecular weight excluding hydrogens is 338 g/mol. The molecule has 2 nitrogen and oxygen atoms in total. The third kappa shape index (κ3) is 2.49. The fourth-order valence-corrected chi connectivity index (χ4v) is 3.19. The van der Waals surface area contributed by atoms with Crippen molar-refractivity contribution in [1.82, 2.24) is 0 Å². The van der Waals surface area contributed by atoms with Crippen LogP contribution in [0.3, 0.4) is 0 Å². The molecule has 102 valence electrons. The summed E-state index contributed by atoms with van der Waals surface area (Å²) in [5.74, 6) is 0.739. The number of rotatable bonds is 2. The molecule has 0 saturated heterocycles. The second-order valence-electron chi connectivity index (χ2n) is 4.82. The molecule has 0 radical (unpaired) electrons. The van der Waals surface area contributed by atoms with Crippen molar-refractivity contribution in [3.8, 4) is 0 Å². The van der Waals surface area contributed by atoms with Gasteiger partial charge in [-0.3, -0.25) is 0 Å². The Morgan fingerprint density at radius 2 is 2.00 bits per heavy atom. The number of benzene rings is 2. The third-order valence-corrected chi connectivity index (χ3v) is 3.99. The number of aryl methyl sites for hydroxylation is 1. The molecule has 0 bridgehead atoms. The van der Waals surface area contributed by atoms with Gasteiger partial charge in [0.2, 0.25) is 0 Å². The van der Waals surface area contributed by atoms with Gasteiger partial charge in [0, 0.05) is 14.9 Å². The van der Waals surface area contributed by atoms with Gasteiger partial charge in [0.1, 0.15) is 11.3 Å². The number of hydrogen-bond acceptors (Lipinski definition) is 2. The summed E-state index contributed by atoms with van der Waals surface area (Å²) < 4.78 is 6.82. The topological polar surface area (TPSA) is 39.2 Å². The molecule has 4 heteroatoms. The molecule has 0 fully saturated rings. The fourth-order valence-electron chi connectivity index (χ4n) is 2.30. The summed E-state index contributed by atoms with van der Waals surface area (Å²) in [4.78, 5) is 0. The maximum absolute atomic E-state index is 6.29. The molecule has 0 spiro atoms. The van der Waals surface area contributed by atoms with E-state index >= 15 is 0 Å². The molecule has 0 saturated carbocycles. The van der Waals surface area contributed by atoms with Gasteiger partial charge in [-0.1, -0.05) is 45.7 Å². The zero-order valence-corrected chi connectivity index (χ0v) is 13.2. The van der Waals surface area contributed by atoms with Crippen LogP contribution >= 0.6 is 27.5 Å². The average molecular weight is 351 g/mol. The average Bonchev–Trinajstić information content (AvgIpc) is 2.82. The van der Waals surface area contributed by atoms with Gasteiger partial charge in [0.15, 0.2) is 0 Å². The fraction of sp³-hybridized carbons (Fsp3) is 0.125. The Hall–Kier alpha value is -1.29. The molecular formula is C16H13BrClNO. The molecule has 1 heterocycles. The first-order valence-electron chi connectivity index (χ1n) is 6.25. The molecule has 1 aromatic heterocycles. The third-order valence-electron chi connectivity index (χ3n) is 3.31. The number of furan rings is 1. The molecule has 1 unspecified atom stereocenters. The Morgan fingerprint density at radius 3 is 2.70 bits per heavy atom. The number of para-hydroxylation sites is 1. The van der Waals surface area contributed by atoms with E-state index < -0.39 is 0 Å². The van der Waals surface area contributed by atoms with E-state index in [0.717, 1.165) is 32.3 Å². The van der Waals surface area contributed by atoms with Gasteiger partial charge in [-0.15, -0.1) is 0 Å². The smallest absolute Gasteiger partial charge is 0.137 e. The first-order valence-corrected chi connectivity index (χ1v) is 7.42. The Balaban J connectivity index is 2.07. The molecule has 0 aliphatic heterocycles. The summed E-state index contributed by atoms with van der Waals surface area (Å²) in [5.41, 5.74) is 9.21. The minimum Gasteiger partial charge on any atom is -0.459 e. The van der Waals surface area contributed by atoms with Crippen LogP contribution in [0.1, 0.15) is 22.9 Å². The molecule has 0 aliphatic rings. The van der Waals surface area contributed by atoms with Gasteiger partial charge in [0.05, 0.1) is 6.04 Å². The zero-order chi connectivity index (χ0) is 14.3. The van der Waals surface area contributed by atoms with Crippen molar-refractivity contribution in [3.05, 3.63) is 68.8 Å². The molecule has 0 amide bonds. The quantitative estimate of drug-likeness (QED) is 0.689. The molecule has 2 aromatic carbocycles. The van der Waals surface area contributed by atoms with Gasteiger partial charge in [-0.2, -0.15) is 0 Å². The molecule has 2 N–H and O–H groups in total. The van der Waals surface area contributed by atoms with Gasteiger partial charge >= 0.3 is 0 Å². The standard InChI is InChI=1S/C16H13BrClNO/c1-9-3-2-4-10-7-14(20-16(9)10)15(19)11-5-12(17)8-13(18)6-11/h2-8,15H,19H2,1H3. The molecule has 0 aliphatic carbocycles. The number of nitrogens with two attached hydrogens (primary N) is 1. The van der Waals surface area contributed by atoms with Crippen LogP contribution in [0.5, 0.6) is 0 Å². The normalized spacial score (nSPS) is 12.8. The predicted octanol–water partition coefficient (Wildman–Crippen LogP) is 5.21. The highest BCUT2D eigenvalue weighted by atomic mass is 79.9. The summed E-state index contributed by atoms with van der Waals surface area (Å²) in [6, 6.07) is 13.4. The monoisotopic (exact) mass is 349 g/mol. The van der Waals surface area contributed by atoms with Crippen LogP contribution in [0.2, 0.25) is 5.02 Å². The molecule has 3 rings (SSSR count). The van der Waals surface area contributed by atoms with E-state index in [4.69, 9.17) is 21.8 Å². The highest BCUT2D eigenvalue weighted by molar-refractivity contribution is 9.10. The highest BCUT2D eigenvalue weighted by Gasteiger charge is 2.16. The van der Waals surface area contributed by atoms with E-state index in [-0.39, 0.29) is 6.04 Å². The Kier molecular flexibility index (Phi) is 3.59. The summed E-state index contributed by atoms with van der Waals surface area (Å²) in [6.45, 7) is 2.02. The summed E-state index contributed by atoms with van der Waals surface area (Å²) in [5, 5.41) is 1.72.